The van der Waals surface area contributed by atoms with E-state index in [0.29, 0.717) is 5.02 Å². The van der Waals surface area contributed by atoms with E-state index in [-0.39, 0.29) is 4.88 Å². The first-order valence-electron chi connectivity index (χ1n) is 3.51. The van der Waals surface area contributed by atoms with Gasteiger partial charge in [-0.1, -0.05) is 11.6 Å². The minimum atomic E-state index is -0.948. The average molecular weight is 233 g/mol. The molecule has 0 aromatic carbocycles. The van der Waals surface area contributed by atoms with Gasteiger partial charge in [0.15, 0.2) is 0 Å². The lowest BCUT2D eigenvalue weighted by Crippen LogP contribution is -1.91. The molecule has 1 N–H and O–H groups in total. The van der Waals surface area contributed by atoms with Gasteiger partial charge in [-0.15, -0.1) is 22.7 Å². The predicted octanol–water partition coefficient (Wildman–Crippen LogP) is 3.62. The van der Waals surface area contributed by atoms with Crippen LogP contribution in [0.5, 0.6) is 0 Å². The Hall–Kier alpha value is -0.580. The zero-order valence-corrected chi connectivity index (χ0v) is 9.02. The van der Waals surface area contributed by atoms with Gasteiger partial charge >= 0.3 is 5.97 Å². The first-order valence-corrected chi connectivity index (χ1v) is 5.52. The number of fused-ring (bicyclic) bond motifs is 1. The van der Waals surface area contributed by atoms with Gasteiger partial charge in [-0.25, -0.2) is 4.79 Å². The molecule has 0 aliphatic carbocycles. The highest BCUT2D eigenvalue weighted by molar-refractivity contribution is 7.29. The maximum absolute atomic E-state index is 10.7. The molecule has 2 nitrogen and oxygen atoms in total. The van der Waals surface area contributed by atoms with Crippen molar-refractivity contribution in [2.75, 3.05) is 0 Å². The molecular weight excluding hydrogens is 228 g/mol. The maximum Gasteiger partial charge on any atom is 0.347 e. The third-order valence-electron chi connectivity index (χ3n) is 1.63. The molecule has 0 aliphatic heterocycles. The summed E-state index contributed by atoms with van der Waals surface area (Å²) in [6, 6.07) is 1.96. The van der Waals surface area contributed by atoms with E-state index < -0.39 is 5.97 Å². The monoisotopic (exact) mass is 232 g/mol. The predicted molar refractivity (Wildman–Crippen MR) is 56.4 cm³/mol. The highest BCUT2D eigenvalue weighted by atomic mass is 35.5. The molecule has 2 aromatic rings. The summed E-state index contributed by atoms with van der Waals surface area (Å²) >= 11 is 8.67. The average Bonchev–Trinajstić information content (AvgIpc) is 2.51. The van der Waals surface area contributed by atoms with Crippen LogP contribution < -0.4 is 0 Å². The maximum atomic E-state index is 10.7. The Morgan fingerprint density at radius 2 is 2.23 bits per heavy atom. The van der Waals surface area contributed by atoms with E-state index in [1.807, 2.05) is 13.0 Å². The van der Waals surface area contributed by atoms with Crippen LogP contribution in [0.1, 0.15) is 14.5 Å². The summed E-state index contributed by atoms with van der Waals surface area (Å²) in [7, 11) is 0. The fourth-order valence-corrected chi connectivity index (χ4v) is 3.75. The molecule has 0 spiro atoms. The van der Waals surface area contributed by atoms with Gasteiger partial charge in [0.2, 0.25) is 0 Å². The van der Waals surface area contributed by atoms with Crippen LogP contribution in [0.25, 0.3) is 9.40 Å². The van der Waals surface area contributed by atoms with Crippen LogP contribution in [0, 0.1) is 6.92 Å². The Labute approximate surface area is 87.4 Å². The Bertz CT molecular complexity index is 484. The van der Waals surface area contributed by atoms with E-state index in [9.17, 15) is 4.79 Å². The van der Waals surface area contributed by atoms with E-state index in [1.165, 1.54) is 22.7 Å². The fourth-order valence-electron chi connectivity index (χ4n) is 1.12. The van der Waals surface area contributed by atoms with Crippen molar-refractivity contribution in [1.82, 2.24) is 0 Å². The summed E-state index contributed by atoms with van der Waals surface area (Å²) in [6.45, 7) is 1.98. The van der Waals surface area contributed by atoms with Crippen LogP contribution >= 0.6 is 34.3 Å². The van der Waals surface area contributed by atoms with Gasteiger partial charge in [0.1, 0.15) is 4.88 Å². The lowest BCUT2D eigenvalue weighted by molar-refractivity contribution is 0.0702. The number of thiophene rings is 2. The second-order valence-electron chi connectivity index (χ2n) is 2.60. The Balaban J connectivity index is 2.76. The van der Waals surface area contributed by atoms with Crippen molar-refractivity contribution in [2.24, 2.45) is 0 Å². The number of halogens is 1. The molecule has 0 bridgehead atoms. The summed E-state index contributed by atoms with van der Waals surface area (Å²) < 4.78 is 1.85. The molecule has 0 unspecified atom stereocenters. The van der Waals surface area contributed by atoms with Crippen LogP contribution in [0.15, 0.2) is 6.07 Å². The third kappa shape index (κ3) is 1.35. The SMILES string of the molecule is Cc1cc2sc(C(=O)O)c(Cl)c2s1. The summed E-state index contributed by atoms with van der Waals surface area (Å²) in [6.07, 6.45) is 0. The minimum absolute atomic E-state index is 0.239. The smallest absolute Gasteiger partial charge is 0.347 e. The quantitative estimate of drug-likeness (QED) is 0.816. The van der Waals surface area contributed by atoms with Crippen molar-refractivity contribution in [2.45, 2.75) is 6.92 Å². The standard InChI is InChI=1S/C8H5ClO2S2/c1-3-2-4-6(12-3)5(9)7(13-4)8(10)11/h2H,1H3,(H,10,11). The van der Waals surface area contributed by atoms with E-state index in [4.69, 9.17) is 16.7 Å². The number of hydrogen-bond donors (Lipinski definition) is 1. The first-order chi connectivity index (χ1) is 6.09. The lowest BCUT2D eigenvalue weighted by Gasteiger charge is -1.86. The largest absolute Gasteiger partial charge is 0.477 e. The Kier molecular flexibility index (Phi) is 2.06. The summed E-state index contributed by atoms with van der Waals surface area (Å²) in [5.41, 5.74) is 0. The topological polar surface area (TPSA) is 37.3 Å². The van der Waals surface area contributed by atoms with Gasteiger partial charge in [-0.2, -0.15) is 0 Å². The molecule has 0 saturated heterocycles. The van der Waals surface area contributed by atoms with Gasteiger partial charge in [-0.05, 0) is 13.0 Å². The first kappa shape index (κ1) is 8.99. The molecule has 0 fully saturated rings. The van der Waals surface area contributed by atoms with Crippen LogP contribution in [0.3, 0.4) is 0 Å². The van der Waals surface area contributed by atoms with Crippen molar-refractivity contribution >= 4 is 49.6 Å². The van der Waals surface area contributed by atoms with Crippen molar-refractivity contribution in [3.8, 4) is 0 Å². The van der Waals surface area contributed by atoms with Gasteiger partial charge in [0.25, 0.3) is 0 Å². The Morgan fingerprint density at radius 3 is 2.77 bits per heavy atom. The van der Waals surface area contributed by atoms with Gasteiger partial charge in [0.05, 0.1) is 9.72 Å². The Morgan fingerprint density at radius 1 is 1.54 bits per heavy atom. The molecule has 5 heteroatoms. The number of carboxylic acids is 1. The third-order valence-corrected chi connectivity index (χ3v) is 4.55. The van der Waals surface area contributed by atoms with E-state index >= 15 is 0 Å². The molecule has 0 amide bonds. The molecule has 0 saturated carbocycles. The van der Waals surface area contributed by atoms with Gasteiger partial charge in [0, 0.05) is 9.58 Å². The van der Waals surface area contributed by atoms with Crippen molar-refractivity contribution in [3.63, 3.8) is 0 Å². The highest BCUT2D eigenvalue weighted by Crippen LogP contribution is 2.40. The lowest BCUT2D eigenvalue weighted by atomic mass is 10.4. The minimum Gasteiger partial charge on any atom is -0.477 e. The van der Waals surface area contributed by atoms with E-state index in [0.717, 1.165) is 14.3 Å². The molecule has 0 atom stereocenters. The molecule has 2 aromatic heterocycles. The zero-order chi connectivity index (χ0) is 9.59. The zero-order valence-electron chi connectivity index (χ0n) is 6.63. The second-order valence-corrected chi connectivity index (χ2v) is 5.29. The van der Waals surface area contributed by atoms with Crippen LogP contribution in [-0.2, 0) is 0 Å². The van der Waals surface area contributed by atoms with Crippen LogP contribution in [0.2, 0.25) is 5.02 Å². The molecule has 13 heavy (non-hydrogen) atoms. The van der Waals surface area contributed by atoms with E-state index in [2.05, 4.69) is 0 Å². The number of aromatic carboxylic acids is 1. The molecule has 0 radical (unpaired) electrons. The van der Waals surface area contributed by atoms with E-state index in [1.54, 1.807) is 0 Å². The second kappa shape index (κ2) is 2.97. The van der Waals surface area contributed by atoms with Crippen LogP contribution in [0.4, 0.5) is 0 Å². The normalized spacial score (nSPS) is 10.9. The molecule has 2 rings (SSSR count). The fraction of sp³-hybridized carbons (Fsp3) is 0.125. The molecule has 2 heterocycles. The number of aryl methyl sites for hydroxylation is 1. The number of carboxylic acid groups (broad SMARTS) is 1. The van der Waals surface area contributed by atoms with Crippen molar-refractivity contribution in [3.05, 3.63) is 20.8 Å². The number of rotatable bonds is 1. The number of hydrogen-bond acceptors (Lipinski definition) is 3. The van der Waals surface area contributed by atoms with Gasteiger partial charge in [-0.3, -0.25) is 0 Å². The summed E-state index contributed by atoms with van der Waals surface area (Å²) in [5, 5.41) is 9.17. The van der Waals surface area contributed by atoms with Crippen molar-refractivity contribution < 1.29 is 9.90 Å². The molecule has 68 valence electrons. The number of carbonyl (C=O) groups is 1. The summed E-state index contributed by atoms with van der Waals surface area (Å²) in [5.74, 6) is -0.948. The molecular formula is C8H5ClO2S2. The van der Waals surface area contributed by atoms with Crippen molar-refractivity contribution in [1.29, 1.82) is 0 Å². The summed E-state index contributed by atoms with van der Waals surface area (Å²) in [4.78, 5) is 12.1. The van der Waals surface area contributed by atoms with Crippen LogP contribution in [-0.4, -0.2) is 11.1 Å². The van der Waals surface area contributed by atoms with Gasteiger partial charge < -0.3 is 5.11 Å². The molecule has 0 aliphatic rings. The highest BCUT2D eigenvalue weighted by Gasteiger charge is 2.17.